The summed E-state index contributed by atoms with van der Waals surface area (Å²) in [7, 11) is -0.414. The second kappa shape index (κ2) is 12.1. The van der Waals surface area contributed by atoms with Crippen LogP contribution in [-0.4, -0.2) is 72.0 Å². The molecular weight excluding hydrogens is 556 g/mol. The largest absolute Gasteiger partial charge is 0.494 e. The lowest BCUT2D eigenvalue weighted by Gasteiger charge is -2.23. The third-order valence-corrected chi connectivity index (χ3v) is 9.64. The zero-order chi connectivity index (χ0) is 30.0. The van der Waals surface area contributed by atoms with E-state index in [4.69, 9.17) is 9.47 Å². The van der Waals surface area contributed by atoms with E-state index in [9.17, 15) is 13.2 Å². The number of ether oxygens (including phenoxy) is 2. The molecule has 2 aromatic heterocycles. The molecule has 42 heavy (non-hydrogen) atoms. The van der Waals surface area contributed by atoms with Crippen molar-refractivity contribution < 1.29 is 22.7 Å². The predicted molar refractivity (Wildman–Crippen MR) is 159 cm³/mol. The fourth-order valence-electron chi connectivity index (χ4n) is 5.51. The number of hydrogen-bond acceptors (Lipinski definition) is 9. The molecule has 1 aliphatic heterocycles. The average Bonchev–Trinajstić information content (AvgIpc) is 3.32. The molecular formula is C30H36N6O5S. The van der Waals surface area contributed by atoms with E-state index in [0.717, 1.165) is 27.8 Å². The highest BCUT2D eigenvalue weighted by Gasteiger charge is 2.33. The van der Waals surface area contributed by atoms with Gasteiger partial charge in [-0.15, -0.1) is 5.10 Å². The van der Waals surface area contributed by atoms with E-state index >= 15 is 0 Å². The number of likely N-dealkylation sites (N-methyl/N-ethyl adjacent to an activating group) is 1. The topological polar surface area (TPSA) is 120 Å². The van der Waals surface area contributed by atoms with Crippen LogP contribution in [0.3, 0.4) is 0 Å². The number of anilines is 1. The van der Waals surface area contributed by atoms with Crippen LogP contribution in [0.15, 0.2) is 53.6 Å². The highest BCUT2D eigenvalue weighted by Crippen LogP contribution is 2.36. The second-order valence-electron chi connectivity index (χ2n) is 10.3. The van der Waals surface area contributed by atoms with Gasteiger partial charge in [-0.2, -0.15) is 4.31 Å². The Hall–Kier alpha value is -4.03. The third kappa shape index (κ3) is 5.56. The minimum Gasteiger partial charge on any atom is -0.494 e. The van der Waals surface area contributed by atoms with Gasteiger partial charge in [0.05, 0.1) is 20.1 Å². The van der Waals surface area contributed by atoms with Crippen molar-refractivity contribution in [1.29, 1.82) is 0 Å². The number of pyridine rings is 1. The Balaban J connectivity index is 1.55. The molecule has 0 amide bonds. The molecule has 2 aromatic carbocycles. The van der Waals surface area contributed by atoms with E-state index in [1.165, 1.54) is 4.31 Å². The molecule has 0 saturated carbocycles. The lowest BCUT2D eigenvalue weighted by atomic mass is 9.86. The van der Waals surface area contributed by atoms with Gasteiger partial charge in [0.15, 0.2) is 0 Å². The van der Waals surface area contributed by atoms with Crippen LogP contribution in [0.25, 0.3) is 11.0 Å². The Morgan fingerprint density at radius 2 is 1.90 bits per heavy atom. The molecule has 0 radical (unpaired) electrons. The van der Waals surface area contributed by atoms with Crippen LogP contribution in [0, 0.1) is 6.92 Å². The average molecular weight is 593 g/mol. The summed E-state index contributed by atoms with van der Waals surface area (Å²) in [4.78, 5) is 19.4. The fraction of sp³-hybridized carbons (Fsp3) is 0.400. The minimum absolute atomic E-state index is 0.0950. The molecule has 0 bridgehead atoms. The summed E-state index contributed by atoms with van der Waals surface area (Å²) in [5, 5.41) is 8.41. The van der Waals surface area contributed by atoms with Crippen molar-refractivity contribution in [3.05, 3.63) is 70.9 Å². The van der Waals surface area contributed by atoms with E-state index in [2.05, 4.69) is 15.3 Å². The van der Waals surface area contributed by atoms with Gasteiger partial charge in [0.1, 0.15) is 27.5 Å². The molecule has 5 rings (SSSR count). The lowest BCUT2D eigenvalue weighted by Crippen LogP contribution is -2.34. The zero-order valence-corrected chi connectivity index (χ0v) is 25.4. The first-order chi connectivity index (χ1) is 20.2. The SMILES string of the molecule is CCOC(=O)CC(c1ccc(C)c(CN2CCN(CC)c3ncccc3S2(=O)=O)c1)c1cc(OC)c2c(c1)nnn2C. The van der Waals surface area contributed by atoms with Gasteiger partial charge in [-0.3, -0.25) is 4.79 Å². The molecule has 3 heterocycles. The second-order valence-corrected chi connectivity index (χ2v) is 12.2. The molecule has 222 valence electrons. The number of carbonyl (C=O) groups is 1. The Bertz CT molecular complexity index is 1720. The van der Waals surface area contributed by atoms with Crippen molar-refractivity contribution in [2.45, 2.75) is 44.6 Å². The van der Waals surface area contributed by atoms with E-state index in [1.807, 2.05) is 49.1 Å². The molecule has 4 aromatic rings. The highest BCUT2D eigenvalue weighted by atomic mass is 32.2. The van der Waals surface area contributed by atoms with E-state index in [-0.39, 0.29) is 36.4 Å². The van der Waals surface area contributed by atoms with Crippen LogP contribution in [0.2, 0.25) is 0 Å². The normalized spacial score (nSPS) is 15.7. The van der Waals surface area contributed by atoms with Crippen LogP contribution >= 0.6 is 0 Å². The third-order valence-electron chi connectivity index (χ3n) is 7.78. The first kappa shape index (κ1) is 29.5. The number of hydrogen-bond donors (Lipinski definition) is 0. The number of aromatic nitrogens is 4. The molecule has 1 unspecified atom stereocenters. The number of carbonyl (C=O) groups excluding carboxylic acids is 1. The summed E-state index contributed by atoms with van der Waals surface area (Å²) >= 11 is 0. The fourth-order valence-corrected chi connectivity index (χ4v) is 7.08. The van der Waals surface area contributed by atoms with Gasteiger partial charge in [-0.1, -0.05) is 23.4 Å². The minimum atomic E-state index is -3.80. The summed E-state index contributed by atoms with van der Waals surface area (Å²) in [5.41, 5.74) is 4.89. The molecule has 12 heteroatoms. The summed E-state index contributed by atoms with van der Waals surface area (Å²) in [6.07, 6.45) is 1.72. The number of fused-ring (bicyclic) bond motifs is 2. The maximum Gasteiger partial charge on any atom is 0.306 e. The van der Waals surface area contributed by atoms with Crippen molar-refractivity contribution in [2.75, 3.05) is 38.3 Å². The molecule has 1 atom stereocenters. The number of sulfonamides is 1. The van der Waals surface area contributed by atoms with Gasteiger partial charge in [0.25, 0.3) is 0 Å². The number of esters is 1. The standard InChI is InChI=1S/C30H36N6O5S/c1-6-35-13-14-36(42(38,39)27-9-8-12-31-30(27)35)19-23-15-21(11-10-20(23)3)24(18-28(37)41-7-2)22-16-25-29(26(17-22)40-5)34(4)33-32-25/h8-12,15-17,24H,6-7,13-14,18-19H2,1-5H3. The van der Waals surface area contributed by atoms with E-state index in [0.29, 0.717) is 36.7 Å². The molecule has 0 aliphatic carbocycles. The van der Waals surface area contributed by atoms with Gasteiger partial charge in [-0.25, -0.2) is 18.1 Å². The van der Waals surface area contributed by atoms with Crippen molar-refractivity contribution in [1.82, 2.24) is 24.3 Å². The van der Waals surface area contributed by atoms with Gasteiger partial charge in [0.2, 0.25) is 10.0 Å². The number of benzene rings is 2. The molecule has 0 fully saturated rings. The van der Waals surface area contributed by atoms with Gasteiger partial charge in [-0.05, 0) is 67.3 Å². The van der Waals surface area contributed by atoms with Gasteiger partial charge < -0.3 is 14.4 Å². The summed E-state index contributed by atoms with van der Waals surface area (Å²) < 4.78 is 41.8. The molecule has 0 spiro atoms. The van der Waals surface area contributed by atoms with Crippen LogP contribution < -0.4 is 9.64 Å². The number of nitrogens with zero attached hydrogens (tertiary/aromatic N) is 6. The zero-order valence-electron chi connectivity index (χ0n) is 24.6. The van der Waals surface area contributed by atoms with Crippen LogP contribution in [0.5, 0.6) is 5.75 Å². The Kier molecular flexibility index (Phi) is 8.46. The van der Waals surface area contributed by atoms with Crippen molar-refractivity contribution in [2.24, 2.45) is 7.05 Å². The van der Waals surface area contributed by atoms with Crippen LogP contribution in [-0.2, 0) is 33.1 Å². The van der Waals surface area contributed by atoms with Gasteiger partial charge >= 0.3 is 5.97 Å². The molecule has 1 aliphatic rings. The number of rotatable bonds is 9. The number of methoxy groups -OCH3 is 1. The number of aryl methyl sites for hydroxylation is 2. The first-order valence-electron chi connectivity index (χ1n) is 14.0. The maximum atomic E-state index is 13.8. The van der Waals surface area contributed by atoms with Crippen molar-refractivity contribution >= 4 is 32.8 Å². The molecule has 0 saturated heterocycles. The summed E-state index contributed by atoms with van der Waals surface area (Å²) in [5.74, 6) is 0.363. The first-order valence-corrected chi connectivity index (χ1v) is 15.4. The van der Waals surface area contributed by atoms with E-state index in [1.54, 1.807) is 44.1 Å². The lowest BCUT2D eigenvalue weighted by molar-refractivity contribution is -0.143. The molecule has 0 N–H and O–H groups in total. The van der Waals surface area contributed by atoms with Crippen molar-refractivity contribution in [3.8, 4) is 5.75 Å². The van der Waals surface area contributed by atoms with Gasteiger partial charge in [0, 0.05) is 45.3 Å². The van der Waals surface area contributed by atoms with Crippen LogP contribution in [0.1, 0.15) is 48.4 Å². The van der Waals surface area contributed by atoms with E-state index < -0.39 is 10.0 Å². The van der Waals surface area contributed by atoms with Crippen molar-refractivity contribution in [3.63, 3.8) is 0 Å². The monoisotopic (exact) mass is 592 g/mol. The predicted octanol–water partition coefficient (Wildman–Crippen LogP) is 3.80. The Morgan fingerprint density at radius 3 is 2.64 bits per heavy atom. The quantitative estimate of drug-likeness (QED) is 0.267. The molecule has 11 nitrogen and oxygen atoms in total. The Labute approximate surface area is 246 Å². The smallest absolute Gasteiger partial charge is 0.306 e. The summed E-state index contributed by atoms with van der Waals surface area (Å²) in [6, 6.07) is 13.0. The highest BCUT2D eigenvalue weighted by molar-refractivity contribution is 7.89. The Morgan fingerprint density at radius 1 is 1.10 bits per heavy atom. The van der Waals surface area contributed by atoms with Crippen LogP contribution in [0.4, 0.5) is 5.82 Å². The maximum absolute atomic E-state index is 13.8. The summed E-state index contributed by atoms with van der Waals surface area (Å²) in [6.45, 7) is 7.70.